The maximum atomic E-state index is 11.4. The molecular formula is C12H8N4O6. The van der Waals surface area contributed by atoms with E-state index in [2.05, 4.69) is 4.98 Å². The van der Waals surface area contributed by atoms with Gasteiger partial charge in [0.1, 0.15) is 5.69 Å². The van der Waals surface area contributed by atoms with Crippen LogP contribution in [0.5, 0.6) is 0 Å². The van der Waals surface area contributed by atoms with Crippen LogP contribution in [0.15, 0.2) is 33.9 Å². The van der Waals surface area contributed by atoms with Crippen molar-refractivity contribution in [3.8, 4) is 0 Å². The number of benzene rings is 1. The summed E-state index contributed by atoms with van der Waals surface area (Å²) >= 11 is 0. The monoisotopic (exact) mass is 304 g/mol. The standard InChI is InChI=1S/C12H8N4O6/c17-11-10(16(21)22)9(13-12(18)14-11)5-4-7-2-1-3-8(6-7)15(19)20/h1-6H,(H2,13,14,17,18). The summed E-state index contributed by atoms with van der Waals surface area (Å²) in [4.78, 5) is 46.5. The molecular weight excluding hydrogens is 296 g/mol. The maximum absolute atomic E-state index is 11.4. The molecule has 1 aromatic carbocycles. The molecule has 1 aromatic heterocycles. The van der Waals surface area contributed by atoms with Crippen LogP contribution in [-0.2, 0) is 0 Å². The van der Waals surface area contributed by atoms with Crippen molar-refractivity contribution in [1.82, 2.24) is 9.97 Å². The highest BCUT2D eigenvalue weighted by molar-refractivity contribution is 5.72. The maximum Gasteiger partial charge on any atom is 0.357 e. The van der Waals surface area contributed by atoms with E-state index >= 15 is 0 Å². The van der Waals surface area contributed by atoms with Crippen molar-refractivity contribution in [1.29, 1.82) is 0 Å². The van der Waals surface area contributed by atoms with Crippen LogP contribution in [0.25, 0.3) is 12.2 Å². The fraction of sp³-hybridized carbons (Fsp3) is 0. The van der Waals surface area contributed by atoms with E-state index in [0.29, 0.717) is 5.56 Å². The van der Waals surface area contributed by atoms with E-state index in [0.717, 1.165) is 6.08 Å². The quantitative estimate of drug-likeness (QED) is 0.636. The van der Waals surface area contributed by atoms with Gasteiger partial charge in [0.05, 0.1) is 9.85 Å². The van der Waals surface area contributed by atoms with Crippen LogP contribution < -0.4 is 11.2 Å². The zero-order valence-electron chi connectivity index (χ0n) is 10.8. The molecule has 1 heterocycles. The molecule has 0 aliphatic heterocycles. The molecule has 0 aliphatic rings. The van der Waals surface area contributed by atoms with Gasteiger partial charge < -0.3 is 4.98 Å². The Hall–Kier alpha value is -3.56. The summed E-state index contributed by atoms with van der Waals surface area (Å²) in [6.07, 6.45) is 2.44. The SMILES string of the molecule is O=c1[nH]c(C=Cc2cccc([N+](=O)[O-])c2)c([N+](=O)[O-])c(=O)[nH]1. The van der Waals surface area contributed by atoms with Gasteiger partial charge in [-0.05, 0) is 11.6 Å². The summed E-state index contributed by atoms with van der Waals surface area (Å²) in [6, 6.07) is 5.50. The van der Waals surface area contributed by atoms with Gasteiger partial charge in [-0.25, -0.2) is 4.79 Å². The number of nitrogens with zero attached hydrogens (tertiary/aromatic N) is 2. The largest absolute Gasteiger partial charge is 0.357 e. The van der Waals surface area contributed by atoms with Crippen LogP contribution in [0, 0.1) is 20.2 Å². The topological polar surface area (TPSA) is 152 Å². The van der Waals surface area contributed by atoms with Gasteiger partial charge in [0, 0.05) is 12.1 Å². The molecule has 22 heavy (non-hydrogen) atoms. The minimum absolute atomic E-state index is 0.156. The highest BCUT2D eigenvalue weighted by atomic mass is 16.6. The molecule has 0 saturated carbocycles. The van der Waals surface area contributed by atoms with Crippen LogP contribution in [0.2, 0.25) is 0 Å². The van der Waals surface area contributed by atoms with Crippen molar-refractivity contribution < 1.29 is 9.85 Å². The minimum Gasteiger partial charge on any atom is -0.301 e. The lowest BCUT2D eigenvalue weighted by molar-refractivity contribution is -0.386. The third-order valence-corrected chi connectivity index (χ3v) is 2.65. The number of rotatable bonds is 4. The number of non-ortho nitro benzene ring substituents is 1. The molecule has 112 valence electrons. The Labute approximate surface area is 121 Å². The third-order valence-electron chi connectivity index (χ3n) is 2.65. The molecule has 0 bridgehead atoms. The van der Waals surface area contributed by atoms with Gasteiger partial charge in [-0.1, -0.05) is 18.2 Å². The second-order valence-electron chi connectivity index (χ2n) is 4.11. The van der Waals surface area contributed by atoms with Crippen molar-refractivity contribution in [3.63, 3.8) is 0 Å². The lowest BCUT2D eigenvalue weighted by Crippen LogP contribution is -2.25. The highest BCUT2D eigenvalue weighted by Gasteiger charge is 2.18. The van der Waals surface area contributed by atoms with Gasteiger partial charge in [0.15, 0.2) is 0 Å². The minimum atomic E-state index is -1.13. The Morgan fingerprint density at radius 2 is 1.73 bits per heavy atom. The summed E-state index contributed by atoms with van der Waals surface area (Å²) in [5, 5.41) is 21.5. The molecule has 2 aromatic rings. The molecule has 0 saturated heterocycles. The molecule has 10 heteroatoms. The first-order valence-corrected chi connectivity index (χ1v) is 5.82. The summed E-state index contributed by atoms with van der Waals surface area (Å²) < 4.78 is 0. The molecule has 0 aliphatic carbocycles. The lowest BCUT2D eigenvalue weighted by Gasteiger charge is -1.97. The molecule has 0 radical (unpaired) electrons. The van der Waals surface area contributed by atoms with Gasteiger partial charge in [0.2, 0.25) is 0 Å². The van der Waals surface area contributed by atoms with E-state index in [9.17, 15) is 29.8 Å². The Morgan fingerprint density at radius 1 is 1.00 bits per heavy atom. The summed E-state index contributed by atoms with van der Waals surface area (Å²) in [6.45, 7) is 0. The van der Waals surface area contributed by atoms with E-state index in [1.54, 1.807) is 4.98 Å². The Kier molecular flexibility index (Phi) is 3.93. The van der Waals surface area contributed by atoms with Gasteiger partial charge in [-0.15, -0.1) is 0 Å². The molecule has 2 N–H and O–H groups in total. The van der Waals surface area contributed by atoms with Crippen molar-refractivity contribution in [2.45, 2.75) is 0 Å². The first-order valence-electron chi connectivity index (χ1n) is 5.82. The van der Waals surface area contributed by atoms with E-state index in [1.165, 1.54) is 30.3 Å². The van der Waals surface area contributed by atoms with Crippen LogP contribution in [0.1, 0.15) is 11.3 Å². The molecule has 0 fully saturated rings. The molecule has 10 nitrogen and oxygen atoms in total. The van der Waals surface area contributed by atoms with Gasteiger partial charge in [-0.2, -0.15) is 0 Å². The summed E-state index contributed by atoms with van der Waals surface area (Å²) in [5.74, 6) is 0. The van der Waals surface area contributed by atoms with Gasteiger partial charge in [-0.3, -0.25) is 30.0 Å². The number of nitrogens with one attached hydrogen (secondary N) is 2. The van der Waals surface area contributed by atoms with E-state index in [1.807, 2.05) is 0 Å². The third kappa shape index (κ3) is 3.12. The molecule has 0 unspecified atom stereocenters. The van der Waals surface area contributed by atoms with Crippen molar-refractivity contribution >= 4 is 23.5 Å². The zero-order valence-corrected chi connectivity index (χ0v) is 10.8. The highest BCUT2D eigenvalue weighted by Crippen LogP contribution is 2.16. The van der Waals surface area contributed by atoms with Gasteiger partial charge in [0.25, 0.3) is 5.69 Å². The number of hydrogen-bond donors (Lipinski definition) is 2. The van der Waals surface area contributed by atoms with Gasteiger partial charge >= 0.3 is 16.9 Å². The number of nitro groups is 2. The smallest absolute Gasteiger partial charge is 0.301 e. The number of hydrogen-bond acceptors (Lipinski definition) is 6. The first-order chi connectivity index (χ1) is 10.4. The molecule has 2 rings (SSSR count). The van der Waals surface area contributed by atoms with Crippen LogP contribution in [-0.4, -0.2) is 19.8 Å². The van der Waals surface area contributed by atoms with E-state index in [4.69, 9.17) is 0 Å². The summed E-state index contributed by atoms with van der Waals surface area (Å²) in [7, 11) is 0. The number of aromatic amines is 2. The number of aromatic nitrogens is 2. The lowest BCUT2D eigenvalue weighted by atomic mass is 10.1. The second-order valence-corrected chi connectivity index (χ2v) is 4.11. The predicted octanol–water partition coefficient (Wildman–Crippen LogP) is 1.05. The van der Waals surface area contributed by atoms with Crippen molar-refractivity contribution in [2.75, 3.05) is 0 Å². The summed E-state index contributed by atoms with van der Waals surface area (Å²) in [5.41, 5.74) is -2.92. The van der Waals surface area contributed by atoms with Crippen LogP contribution >= 0.6 is 0 Å². The van der Waals surface area contributed by atoms with E-state index in [-0.39, 0.29) is 11.4 Å². The zero-order chi connectivity index (χ0) is 16.3. The van der Waals surface area contributed by atoms with E-state index < -0.39 is 26.8 Å². The predicted molar refractivity (Wildman–Crippen MR) is 76.4 cm³/mol. The Morgan fingerprint density at radius 3 is 2.36 bits per heavy atom. The normalized spacial score (nSPS) is 10.7. The number of H-pyrrole nitrogens is 2. The Bertz CT molecular complexity index is 895. The number of nitro benzene ring substituents is 1. The fourth-order valence-corrected chi connectivity index (χ4v) is 1.72. The van der Waals surface area contributed by atoms with Crippen molar-refractivity contribution in [2.24, 2.45) is 0 Å². The second kappa shape index (κ2) is 5.83. The average Bonchev–Trinajstić information content (AvgIpc) is 2.44. The molecule has 0 atom stereocenters. The average molecular weight is 304 g/mol. The molecule has 0 spiro atoms. The molecule has 0 amide bonds. The fourth-order valence-electron chi connectivity index (χ4n) is 1.72. The van der Waals surface area contributed by atoms with Crippen LogP contribution in [0.3, 0.4) is 0 Å². The van der Waals surface area contributed by atoms with Crippen LogP contribution in [0.4, 0.5) is 11.4 Å². The van der Waals surface area contributed by atoms with Crippen molar-refractivity contribution in [3.05, 3.63) is 76.6 Å². The first kappa shape index (κ1) is 14.8. The Balaban J connectivity index is 2.49.